The van der Waals surface area contributed by atoms with Crippen LogP contribution in [0.2, 0.25) is 0 Å². The van der Waals surface area contributed by atoms with Crippen LogP contribution in [0.5, 0.6) is 0 Å². The number of esters is 1. The summed E-state index contributed by atoms with van der Waals surface area (Å²) in [5.74, 6) is 0.937. The van der Waals surface area contributed by atoms with E-state index in [2.05, 4.69) is 21.3 Å². The minimum absolute atomic E-state index is 0.0574. The molecule has 36 heavy (non-hydrogen) atoms. The number of carbonyl (C=O) groups is 4. The van der Waals surface area contributed by atoms with E-state index in [1.165, 1.54) is 12.0 Å². The molecule has 0 radical (unpaired) electrons. The van der Waals surface area contributed by atoms with Gasteiger partial charge in [-0.1, -0.05) is 44.9 Å². The summed E-state index contributed by atoms with van der Waals surface area (Å²) in [7, 11) is 1.21. The maximum Gasteiger partial charge on any atom is 0.408 e. The van der Waals surface area contributed by atoms with Gasteiger partial charge < -0.3 is 25.0 Å². The zero-order chi connectivity index (χ0) is 27.5. The van der Waals surface area contributed by atoms with E-state index in [4.69, 9.17) is 11.2 Å². The number of terminal acetylenes is 1. The largest absolute Gasteiger partial charge is 0.468 e. The zero-order valence-corrected chi connectivity index (χ0v) is 22.3. The van der Waals surface area contributed by atoms with Gasteiger partial charge in [-0.15, -0.1) is 6.42 Å². The number of nitrogens with one attached hydrogen (secondary N) is 2. The van der Waals surface area contributed by atoms with Crippen LogP contribution >= 0.6 is 0 Å². The van der Waals surface area contributed by atoms with Gasteiger partial charge in [0.15, 0.2) is 0 Å². The van der Waals surface area contributed by atoms with Crippen LogP contribution in [0.3, 0.4) is 0 Å². The van der Waals surface area contributed by atoms with Gasteiger partial charge in [-0.05, 0) is 51.2 Å². The SMILES string of the molecule is C#Cc1ccccc1C(C(=O)NCC(=O)OC)N(CCC)C(=O)C(CC(C)C)NC(=O)OC(C)(C)C. The van der Waals surface area contributed by atoms with Crippen molar-refractivity contribution in [1.29, 1.82) is 0 Å². The summed E-state index contributed by atoms with van der Waals surface area (Å²) in [4.78, 5) is 53.0. The van der Waals surface area contributed by atoms with E-state index >= 15 is 0 Å². The first kappa shape index (κ1) is 30.5. The lowest BCUT2D eigenvalue weighted by atomic mass is 9.96. The maximum absolute atomic E-state index is 13.9. The molecule has 3 amide bonds. The molecule has 0 aliphatic heterocycles. The number of ether oxygens (including phenoxy) is 2. The van der Waals surface area contributed by atoms with Crippen LogP contribution in [0, 0.1) is 18.3 Å². The van der Waals surface area contributed by atoms with E-state index in [-0.39, 0.29) is 19.0 Å². The van der Waals surface area contributed by atoms with Crippen molar-refractivity contribution in [2.24, 2.45) is 5.92 Å². The van der Waals surface area contributed by atoms with Gasteiger partial charge in [0.1, 0.15) is 24.2 Å². The third kappa shape index (κ3) is 9.61. The van der Waals surface area contributed by atoms with Crippen molar-refractivity contribution in [3.8, 4) is 12.3 Å². The summed E-state index contributed by atoms with van der Waals surface area (Å²) in [5.41, 5.74) is 0.121. The van der Waals surface area contributed by atoms with Crippen molar-refractivity contribution >= 4 is 23.9 Å². The lowest BCUT2D eigenvalue weighted by Gasteiger charge is -2.35. The van der Waals surface area contributed by atoms with Gasteiger partial charge in [0.2, 0.25) is 11.8 Å². The molecule has 9 heteroatoms. The topological polar surface area (TPSA) is 114 Å². The number of benzene rings is 1. The van der Waals surface area contributed by atoms with E-state index in [0.29, 0.717) is 24.0 Å². The third-order valence-corrected chi connectivity index (χ3v) is 5.05. The average molecular weight is 502 g/mol. The highest BCUT2D eigenvalue weighted by Gasteiger charge is 2.37. The van der Waals surface area contributed by atoms with Crippen LogP contribution in [0.1, 0.15) is 71.6 Å². The Balaban J connectivity index is 3.50. The fourth-order valence-corrected chi connectivity index (χ4v) is 3.60. The molecule has 1 aromatic rings. The fourth-order valence-electron chi connectivity index (χ4n) is 3.60. The zero-order valence-electron chi connectivity index (χ0n) is 22.3. The molecule has 2 N–H and O–H groups in total. The number of hydrogen-bond donors (Lipinski definition) is 2. The highest BCUT2D eigenvalue weighted by molar-refractivity contribution is 5.93. The highest BCUT2D eigenvalue weighted by Crippen LogP contribution is 2.27. The number of hydrogen-bond acceptors (Lipinski definition) is 6. The first-order valence-electron chi connectivity index (χ1n) is 12.0. The van der Waals surface area contributed by atoms with Crippen molar-refractivity contribution in [3.05, 3.63) is 35.4 Å². The molecule has 198 valence electrons. The van der Waals surface area contributed by atoms with E-state index in [1.807, 2.05) is 20.8 Å². The molecule has 0 spiro atoms. The number of rotatable bonds is 11. The molecular weight excluding hydrogens is 462 g/mol. The summed E-state index contributed by atoms with van der Waals surface area (Å²) in [6.07, 6.45) is 5.83. The first-order valence-corrected chi connectivity index (χ1v) is 12.0. The Morgan fingerprint density at radius 3 is 2.31 bits per heavy atom. The summed E-state index contributed by atoms with van der Waals surface area (Å²) in [6.45, 7) is 10.7. The number of alkyl carbamates (subject to hydrolysis) is 1. The molecule has 0 aliphatic carbocycles. The second kappa shape index (κ2) is 14.1. The molecule has 9 nitrogen and oxygen atoms in total. The Hall–Kier alpha value is -3.54. The Morgan fingerprint density at radius 2 is 1.78 bits per heavy atom. The highest BCUT2D eigenvalue weighted by atomic mass is 16.6. The lowest BCUT2D eigenvalue weighted by Crippen LogP contribution is -2.54. The van der Waals surface area contributed by atoms with Gasteiger partial charge in [-0.25, -0.2) is 4.79 Å². The van der Waals surface area contributed by atoms with Crippen molar-refractivity contribution in [2.45, 2.75) is 72.1 Å². The van der Waals surface area contributed by atoms with Crippen LogP contribution in [-0.2, 0) is 23.9 Å². The number of carbonyl (C=O) groups excluding carboxylic acids is 4. The molecule has 0 aliphatic rings. The molecule has 0 heterocycles. The monoisotopic (exact) mass is 501 g/mol. The molecule has 2 atom stereocenters. The van der Waals surface area contributed by atoms with Gasteiger partial charge in [0, 0.05) is 12.1 Å². The smallest absolute Gasteiger partial charge is 0.408 e. The second-order valence-corrected chi connectivity index (χ2v) is 9.79. The molecular formula is C27H39N3O6. The van der Waals surface area contributed by atoms with Crippen LogP contribution < -0.4 is 10.6 Å². The summed E-state index contributed by atoms with van der Waals surface area (Å²) < 4.78 is 9.99. The standard InChI is InChI=1S/C27H39N3O6/c1-9-15-30(25(33)21(16-18(3)4)29-26(34)36-27(5,6)7)23(24(32)28-17-22(31)35-8)20-14-12-11-13-19(20)10-2/h2,11-14,18,21,23H,9,15-17H2,1,3-8H3,(H,28,32)(H,29,34). The Labute approximate surface area is 214 Å². The van der Waals surface area contributed by atoms with Crippen molar-refractivity contribution in [1.82, 2.24) is 15.5 Å². The van der Waals surface area contributed by atoms with Gasteiger partial charge in [-0.2, -0.15) is 0 Å². The number of methoxy groups -OCH3 is 1. The minimum Gasteiger partial charge on any atom is -0.468 e. The first-order chi connectivity index (χ1) is 16.8. The van der Waals surface area contributed by atoms with E-state index < -0.39 is 41.6 Å². The maximum atomic E-state index is 13.9. The predicted molar refractivity (Wildman–Crippen MR) is 137 cm³/mol. The summed E-state index contributed by atoms with van der Waals surface area (Å²) in [6, 6.07) is 4.72. The molecule has 0 bridgehead atoms. The van der Waals surface area contributed by atoms with Gasteiger partial charge in [0.05, 0.1) is 7.11 Å². The Morgan fingerprint density at radius 1 is 1.14 bits per heavy atom. The summed E-state index contributed by atoms with van der Waals surface area (Å²) >= 11 is 0. The Kier molecular flexibility index (Phi) is 12.0. The lowest BCUT2D eigenvalue weighted by molar-refractivity contribution is -0.145. The van der Waals surface area contributed by atoms with Gasteiger partial charge >= 0.3 is 12.1 Å². The van der Waals surface area contributed by atoms with Gasteiger partial charge in [0.25, 0.3) is 0 Å². The minimum atomic E-state index is -1.13. The number of nitrogens with zero attached hydrogens (tertiary/aromatic N) is 1. The Bertz CT molecular complexity index is 961. The molecule has 1 aromatic carbocycles. The van der Waals surface area contributed by atoms with Crippen LogP contribution in [0.25, 0.3) is 0 Å². The van der Waals surface area contributed by atoms with Crippen molar-refractivity contribution in [2.75, 3.05) is 20.2 Å². The quantitative estimate of drug-likeness (QED) is 0.356. The second-order valence-electron chi connectivity index (χ2n) is 9.79. The molecule has 0 aromatic heterocycles. The number of amides is 3. The van der Waals surface area contributed by atoms with E-state index in [0.717, 1.165) is 0 Å². The van der Waals surface area contributed by atoms with Crippen LogP contribution in [0.15, 0.2) is 24.3 Å². The van der Waals surface area contributed by atoms with Gasteiger partial charge in [-0.3, -0.25) is 14.4 Å². The van der Waals surface area contributed by atoms with Crippen LogP contribution in [0.4, 0.5) is 4.79 Å². The molecule has 0 saturated carbocycles. The van der Waals surface area contributed by atoms with Crippen molar-refractivity contribution < 1.29 is 28.7 Å². The molecule has 1 rings (SSSR count). The normalized spacial score (nSPS) is 12.6. The van der Waals surface area contributed by atoms with E-state index in [1.54, 1.807) is 45.0 Å². The molecule has 0 saturated heterocycles. The van der Waals surface area contributed by atoms with E-state index in [9.17, 15) is 19.2 Å². The summed E-state index contributed by atoms with van der Waals surface area (Å²) in [5, 5.41) is 5.22. The van der Waals surface area contributed by atoms with Crippen molar-refractivity contribution in [3.63, 3.8) is 0 Å². The van der Waals surface area contributed by atoms with Crippen LogP contribution in [-0.4, -0.2) is 60.6 Å². The molecule has 2 unspecified atom stereocenters. The average Bonchev–Trinajstić information content (AvgIpc) is 2.80. The fraction of sp³-hybridized carbons (Fsp3) is 0.556. The predicted octanol–water partition coefficient (Wildman–Crippen LogP) is 3.18. The molecule has 0 fully saturated rings. The third-order valence-electron chi connectivity index (χ3n) is 5.05.